The molecule has 0 aromatic carbocycles. The van der Waals surface area contributed by atoms with Crippen molar-refractivity contribution >= 4 is 37.4 Å². The smallest absolute Gasteiger partial charge is 0.349 e. The summed E-state index contributed by atoms with van der Waals surface area (Å²) in [5, 5.41) is 2.74. The molecular formula is C13H18BN2O7. The van der Waals surface area contributed by atoms with Gasteiger partial charge in [0.1, 0.15) is 11.6 Å². The van der Waals surface area contributed by atoms with Crippen LogP contribution in [0.4, 0.5) is 0 Å². The Morgan fingerprint density at radius 3 is 2.35 bits per heavy atom. The van der Waals surface area contributed by atoms with Crippen LogP contribution in [0.15, 0.2) is 0 Å². The molecule has 0 aliphatic carbocycles. The Balaban J connectivity index is 2.70. The number of rotatable bonds is 7. The maximum Gasteiger partial charge on any atom is 0.349 e. The number of amides is 2. The molecule has 0 unspecified atom stereocenters. The van der Waals surface area contributed by atoms with Gasteiger partial charge in [0.05, 0.1) is 12.6 Å². The Kier molecular flexibility index (Phi) is 6.43. The Labute approximate surface area is 133 Å². The molecule has 0 spiro atoms. The van der Waals surface area contributed by atoms with Gasteiger partial charge in [-0.15, -0.1) is 5.06 Å². The van der Waals surface area contributed by atoms with E-state index in [-0.39, 0.29) is 12.8 Å². The molecule has 1 fully saturated rings. The van der Waals surface area contributed by atoms with Gasteiger partial charge in [-0.2, -0.15) is 0 Å². The van der Waals surface area contributed by atoms with E-state index in [1.807, 2.05) is 0 Å². The fraction of sp³-hybridized carbons (Fsp3) is 0.615. The molecule has 1 N–H and O–H groups in total. The van der Waals surface area contributed by atoms with Gasteiger partial charge in [-0.25, -0.2) is 4.79 Å². The predicted molar refractivity (Wildman–Crippen MR) is 77.1 cm³/mol. The number of imide groups is 1. The molecule has 125 valence electrons. The summed E-state index contributed by atoms with van der Waals surface area (Å²) in [7, 11) is 0.907. The van der Waals surface area contributed by atoms with E-state index in [9.17, 15) is 24.0 Å². The molecule has 1 radical (unpaired) electrons. The van der Waals surface area contributed by atoms with Gasteiger partial charge in [0, 0.05) is 12.8 Å². The molecule has 23 heavy (non-hydrogen) atoms. The molecular weight excluding hydrogens is 307 g/mol. The van der Waals surface area contributed by atoms with E-state index in [0.717, 1.165) is 7.41 Å². The average Bonchev–Trinajstić information content (AvgIpc) is 2.73. The third-order valence-corrected chi connectivity index (χ3v) is 2.63. The minimum atomic E-state index is -1.27. The SMILES string of the molecule is CC(C)(C)OC(=O)C[C@H](N[B]C=O)C(=O)ON1C(=O)CCC1=O. The lowest BCUT2D eigenvalue weighted by molar-refractivity contribution is -0.199. The van der Waals surface area contributed by atoms with Crippen LogP contribution in [0.25, 0.3) is 0 Å². The highest BCUT2D eigenvalue weighted by atomic mass is 16.7. The van der Waals surface area contributed by atoms with E-state index >= 15 is 0 Å². The molecule has 0 saturated carbocycles. The predicted octanol–water partition coefficient (Wildman–Crippen LogP) is -0.907. The van der Waals surface area contributed by atoms with Gasteiger partial charge in [-0.05, 0) is 20.8 Å². The molecule has 9 nitrogen and oxygen atoms in total. The van der Waals surface area contributed by atoms with Crippen molar-refractivity contribution in [2.24, 2.45) is 0 Å². The third-order valence-electron chi connectivity index (χ3n) is 2.63. The molecule has 0 bridgehead atoms. The van der Waals surface area contributed by atoms with Crippen molar-refractivity contribution in [2.45, 2.75) is 51.7 Å². The topological polar surface area (TPSA) is 119 Å². The summed E-state index contributed by atoms with van der Waals surface area (Å²) in [6.45, 7) is 4.97. The molecule has 2 amide bonds. The van der Waals surface area contributed by atoms with Crippen molar-refractivity contribution in [1.29, 1.82) is 0 Å². The second kappa shape index (κ2) is 7.86. The minimum absolute atomic E-state index is 0.0449. The molecule has 1 rings (SSSR count). The van der Waals surface area contributed by atoms with E-state index in [1.165, 1.54) is 0 Å². The largest absolute Gasteiger partial charge is 0.460 e. The fourth-order valence-electron chi connectivity index (χ4n) is 1.73. The number of esters is 1. The summed E-state index contributed by atoms with van der Waals surface area (Å²) >= 11 is 0. The van der Waals surface area contributed by atoms with Gasteiger partial charge in [0.25, 0.3) is 19.2 Å². The van der Waals surface area contributed by atoms with Crippen LogP contribution in [-0.4, -0.2) is 54.1 Å². The molecule has 1 aliphatic rings. The van der Waals surface area contributed by atoms with Crippen LogP contribution in [0.5, 0.6) is 0 Å². The highest BCUT2D eigenvalue weighted by Gasteiger charge is 2.35. The number of hydrogen-bond acceptors (Lipinski definition) is 8. The van der Waals surface area contributed by atoms with Gasteiger partial charge >= 0.3 is 11.9 Å². The quantitative estimate of drug-likeness (QED) is 0.277. The first-order chi connectivity index (χ1) is 10.6. The standard InChI is InChI=1S/C13H18BN2O7/c1-13(2,3)22-11(20)6-8(15-14-7-17)12(21)23-16-9(18)4-5-10(16)19/h7-8,15H,4-6H2,1-3H3/t8-/m0/s1. The van der Waals surface area contributed by atoms with Crippen molar-refractivity contribution < 1.29 is 33.5 Å². The van der Waals surface area contributed by atoms with E-state index < -0.39 is 41.8 Å². The summed E-state index contributed by atoms with van der Waals surface area (Å²) < 4.78 is 5.07. The lowest BCUT2D eigenvalue weighted by Crippen LogP contribution is -2.46. The van der Waals surface area contributed by atoms with Crippen LogP contribution in [0.3, 0.4) is 0 Å². The summed E-state index contributed by atoms with van der Waals surface area (Å²) in [4.78, 5) is 61.7. The van der Waals surface area contributed by atoms with Crippen LogP contribution in [0, 0.1) is 0 Å². The van der Waals surface area contributed by atoms with E-state index in [0.29, 0.717) is 11.2 Å². The highest BCUT2D eigenvalue weighted by molar-refractivity contribution is 6.64. The van der Waals surface area contributed by atoms with Gasteiger partial charge in [0.15, 0.2) is 0 Å². The summed E-state index contributed by atoms with van der Waals surface area (Å²) in [5.41, 5.74) is -0.749. The van der Waals surface area contributed by atoms with Gasteiger partial charge in [-0.3, -0.25) is 14.4 Å². The Hall–Kier alpha value is -2.23. The maximum absolute atomic E-state index is 12.0. The lowest BCUT2D eigenvalue weighted by Gasteiger charge is -2.22. The van der Waals surface area contributed by atoms with Crippen molar-refractivity contribution in [3.05, 3.63) is 0 Å². The second-order valence-electron chi connectivity index (χ2n) is 5.80. The molecule has 0 aromatic rings. The minimum Gasteiger partial charge on any atom is -0.460 e. The molecule has 10 heteroatoms. The summed E-state index contributed by atoms with van der Waals surface area (Å²) in [5.74, 6) is -3.03. The first-order valence-electron chi connectivity index (χ1n) is 6.96. The monoisotopic (exact) mass is 325 g/mol. The second-order valence-corrected chi connectivity index (χ2v) is 5.80. The van der Waals surface area contributed by atoms with Crippen LogP contribution in [-0.2, 0) is 33.5 Å². The molecule has 1 aliphatic heterocycles. The van der Waals surface area contributed by atoms with Crippen LogP contribution < -0.4 is 5.23 Å². The van der Waals surface area contributed by atoms with Crippen molar-refractivity contribution in [1.82, 2.24) is 10.3 Å². The molecule has 1 atom stereocenters. The molecule has 0 aromatic heterocycles. The number of ether oxygens (including phenoxy) is 1. The van der Waals surface area contributed by atoms with Crippen LogP contribution in [0.2, 0.25) is 0 Å². The lowest BCUT2D eigenvalue weighted by atomic mass is 9.95. The zero-order chi connectivity index (χ0) is 17.6. The Morgan fingerprint density at radius 1 is 1.30 bits per heavy atom. The number of carbonyl (C=O) groups is 5. The average molecular weight is 325 g/mol. The van der Waals surface area contributed by atoms with E-state index in [2.05, 4.69) is 5.23 Å². The zero-order valence-corrected chi connectivity index (χ0v) is 13.2. The van der Waals surface area contributed by atoms with Gasteiger partial charge in [-0.1, -0.05) is 0 Å². The number of hydrogen-bond donors (Lipinski definition) is 1. The van der Waals surface area contributed by atoms with E-state index in [1.54, 1.807) is 20.8 Å². The van der Waals surface area contributed by atoms with E-state index in [4.69, 9.17) is 9.57 Å². The first-order valence-corrected chi connectivity index (χ1v) is 6.96. The summed E-state index contributed by atoms with van der Waals surface area (Å²) in [6.07, 6.45) is -0.147. The summed E-state index contributed by atoms with van der Waals surface area (Å²) in [6, 6.07) is -1.27. The third kappa shape index (κ3) is 6.19. The number of nitrogens with zero attached hydrogens (tertiary/aromatic N) is 1. The van der Waals surface area contributed by atoms with Crippen molar-refractivity contribution in [2.75, 3.05) is 0 Å². The van der Waals surface area contributed by atoms with Crippen LogP contribution in [0.1, 0.15) is 40.0 Å². The first kappa shape index (κ1) is 18.8. The van der Waals surface area contributed by atoms with Crippen molar-refractivity contribution in [3.8, 4) is 0 Å². The number of nitrogens with one attached hydrogen (secondary N) is 1. The maximum atomic E-state index is 12.0. The highest BCUT2D eigenvalue weighted by Crippen LogP contribution is 2.14. The van der Waals surface area contributed by atoms with Gasteiger partial charge < -0.3 is 19.6 Å². The molecule has 1 heterocycles. The molecule has 1 saturated heterocycles. The van der Waals surface area contributed by atoms with Gasteiger partial charge in [0.2, 0.25) is 0 Å². The zero-order valence-electron chi connectivity index (χ0n) is 13.2. The Morgan fingerprint density at radius 2 is 1.87 bits per heavy atom. The fourth-order valence-corrected chi connectivity index (χ4v) is 1.73. The number of hydroxylamine groups is 2. The Bertz CT molecular complexity index is 499. The normalized spacial score (nSPS) is 16.0. The van der Waals surface area contributed by atoms with Crippen molar-refractivity contribution in [3.63, 3.8) is 0 Å². The van der Waals surface area contributed by atoms with Crippen LogP contribution >= 0.6 is 0 Å². The number of carbonyl (C=O) groups excluding carboxylic acids is 5.